The fourth-order valence-corrected chi connectivity index (χ4v) is 2.40. The highest BCUT2D eigenvalue weighted by Gasteiger charge is 2.15. The average molecular weight is 280 g/mol. The zero-order chi connectivity index (χ0) is 14.4. The summed E-state index contributed by atoms with van der Waals surface area (Å²) in [5.41, 5.74) is 0.0306. The van der Waals surface area contributed by atoms with E-state index in [2.05, 4.69) is 20.5 Å². The van der Waals surface area contributed by atoms with Crippen molar-refractivity contribution in [2.75, 3.05) is 38.5 Å². The Kier molecular flexibility index (Phi) is 5.29. The maximum Gasteiger partial charge on any atom is 0.254 e. The third-order valence-corrected chi connectivity index (χ3v) is 3.53. The van der Waals surface area contributed by atoms with Crippen molar-refractivity contribution < 1.29 is 9.18 Å². The first-order valence-electron chi connectivity index (χ1n) is 7.05. The molecule has 0 radical (unpaired) electrons. The Hall–Kier alpha value is -1.69. The molecule has 0 aliphatic carbocycles. The van der Waals surface area contributed by atoms with E-state index in [0.717, 1.165) is 19.6 Å². The highest BCUT2D eigenvalue weighted by Crippen LogP contribution is 2.14. The lowest BCUT2D eigenvalue weighted by Gasteiger charge is -2.26. The molecule has 0 atom stereocenters. The topological polar surface area (TPSA) is 57.3 Å². The summed E-state index contributed by atoms with van der Waals surface area (Å²) in [6.45, 7) is 3.53. The van der Waals surface area contributed by atoms with Gasteiger partial charge in [0.2, 0.25) is 0 Å². The summed E-state index contributed by atoms with van der Waals surface area (Å²) in [5, 5.41) is 5.39. The number of nitrogens with one attached hydrogen (secondary N) is 2. The number of hydrogen-bond acceptors (Lipinski definition) is 4. The molecular formula is C14H21FN4O. The van der Waals surface area contributed by atoms with Crippen LogP contribution in [-0.4, -0.2) is 49.0 Å². The largest absolute Gasteiger partial charge is 0.371 e. The predicted molar refractivity (Wildman–Crippen MR) is 76.4 cm³/mol. The lowest BCUT2D eigenvalue weighted by molar-refractivity contribution is 0.0942. The van der Waals surface area contributed by atoms with E-state index in [1.807, 2.05) is 0 Å². The molecule has 1 aliphatic heterocycles. The molecule has 0 spiro atoms. The van der Waals surface area contributed by atoms with Crippen LogP contribution >= 0.6 is 0 Å². The summed E-state index contributed by atoms with van der Waals surface area (Å²) in [5.74, 6) is -0.905. The number of hydrogen-bond donors (Lipinski definition) is 2. The van der Waals surface area contributed by atoms with Gasteiger partial charge in [0.1, 0.15) is 0 Å². The Labute approximate surface area is 118 Å². The second-order valence-corrected chi connectivity index (χ2v) is 4.93. The molecule has 2 N–H and O–H groups in total. The molecule has 1 fully saturated rings. The van der Waals surface area contributed by atoms with Crippen molar-refractivity contribution in [1.82, 2.24) is 15.2 Å². The summed E-state index contributed by atoms with van der Waals surface area (Å²) < 4.78 is 13.9. The van der Waals surface area contributed by atoms with Gasteiger partial charge in [-0.2, -0.15) is 0 Å². The molecule has 110 valence electrons. The predicted octanol–water partition coefficient (Wildman–Crippen LogP) is 1.48. The van der Waals surface area contributed by atoms with Crippen LogP contribution in [0.5, 0.6) is 0 Å². The van der Waals surface area contributed by atoms with Gasteiger partial charge in [0.25, 0.3) is 5.91 Å². The number of pyridine rings is 1. The van der Waals surface area contributed by atoms with Gasteiger partial charge in [-0.05, 0) is 32.0 Å². The van der Waals surface area contributed by atoms with E-state index < -0.39 is 11.7 Å². The van der Waals surface area contributed by atoms with Crippen LogP contribution in [0.2, 0.25) is 0 Å². The van der Waals surface area contributed by atoms with Gasteiger partial charge in [-0.15, -0.1) is 0 Å². The van der Waals surface area contributed by atoms with E-state index in [4.69, 9.17) is 0 Å². The van der Waals surface area contributed by atoms with Gasteiger partial charge in [0, 0.05) is 26.3 Å². The molecule has 1 amide bonds. The third-order valence-electron chi connectivity index (χ3n) is 3.53. The van der Waals surface area contributed by atoms with E-state index in [9.17, 15) is 9.18 Å². The second-order valence-electron chi connectivity index (χ2n) is 4.93. The van der Waals surface area contributed by atoms with Crippen LogP contribution in [0.4, 0.5) is 10.2 Å². The number of rotatable bonds is 5. The number of likely N-dealkylation sites (tertiary alicyclic amines) is 1. The normalized spacial score (nSPS) is 15.9. The standard InChI is InChI=1S/C14H21FN4O/c1-16-13-12(15)11(5-6-17-13)14(20)18-7-10-19-8-3-2-4-9-19/h5-6H,2-4,7-10H2,1H3,(H,16,17)(H,18,20). The number of piperidine rings is 1. The van der Waals surface area contributed by atoms with Crippen LogP contribution in [0.1, 0.15) is 29.6 Å². The number of anilines is 1. The lowest BCUT2D eigenvalue weighted by Crippen LogP contribution is -2.37. The van der Waals surface area contributed by atoms with Gasteiger partial charge in [0.15, 0.2) is 11.6 Å². The number of aromatic nitrogens is 1. The summed E-state index contributed by atoms with van der Waals surface area (Å²) in [7, 11) is 1.57. The molecule has 0 unspecified atom stereocenters. The van der Waals surface area contributed by atoms with Gasteiger partial charge in [-0.1, -0.05) is 6.42 Å². The Morgan fingerprint density at radius 3 is 2.85 bits per heavy atom. The molecule has 5 nitrogen and oxygen atoms in total. The first kappa shape index (κ1) is 14.7. The fourth-order valence-electron chi connectivity index (χ4n) is 2.40. The van der Waals surface area contributed by atoms with Crippen LogP contribution < -0.4 is 10.6 Å². The van der Waals surface area contributed by atoms with Gasteiger partial charge in [-0.3, -0.25) is 4.79 Å². The maximum absolute atomic E-state index is 13.9. The Morgan fingerprint density at radius 2 is 2.15 bits per heavy atom. The SMILES string of the molecule is CNc1nccc(C(=O)NCCN2CCCCC2)c1F. The van der Waals surface area contributed by atoms with Gasteiger partial charge < -0.3 is 15.5 Å². The second kappa shape index (κ2) is 7.19. The first-order valence-corrected chi connectivity index (χ1v) is 7.05. The monoisotopic (exact) mass is 280 g/mol. The van der Waals surface area contributed by atoms with Crippen molar-refractivity contribution in [2.24, 2.45) is 0 Å². The van der Waals surface area contributed by atoms with Crippen LogP contribution in [0.3, 0.4) is 0 Å². The van der Waals surface area contributed by atoms with Crippen molar-refractivity contribution in [3.63, 3.8) is 0 Å². The van der Waals surface area contributed by atoms with E-state index >= 15 is 0 Å². The smallest absolute Gasteiger partial charge is 0.254 e. The molecule has 6 heteroatoms. The summed E-state index contributed by atoms with van der Waals surface area (Å²) in [4.78, 5) is 18.1. The molecular weight excluding hydrogens is 259 g/mol. The minimum absolute atomic E-state index is 0.0306. The molecule has 0 aromatic carbocycles. The first-order chi connectivity index (χ1) is 9.72. The number of nitrogens with zero attached hydrogens (tertiary/aromatic N) is 2. The van der Waals surface area contributed by atoms with E-state index in [-0.39, 0.29) is 11.4 Å². The minimum Gasteiger partial charge on any atom is -0.371 e. The van der Waals surface area contributed by atoms with Crippen LogP contribution in [0.25, 0.3) is 0 Å². The molecule has 1 saturated heterocycles. The van der Waals surface area contributed by atoms with Crippen molar-refractivity contribution in [2.45, 2.75) is 19.3 Å². The molecule has 20 heavy (non-hydrogen) atoms. The van der Waals surface area contributed by atoms with Crippen molar-refractivity contribution in [3.05, 3.63) is 23.6 Å². The van der Waals surface area contributed by atoms with E-state index in [1.54, 1.807) is 7.05 Å². The van der Waals surface area contributed by atoms with Gasteiger partial charge >= 0.3 is 0 Å². The highest BCUT2D eigenvalue weighted by atomic mass is 19.1. The zero-order valence-corrected chi connectivity index (χ0v) is 11.8. The molecule has 0 saturated carbocycles. The quantitative estimate of drug-likeness (QED) is 0.858. The van der Waals surface area contributed by atoms with Crippen LogP contribution in [0.15, 0.2) is 12.3 Å². The fraction of sp³-hybridized carbons (Fsp3) is 0.571. The number of carbonyl (C=O) groups excluding carboxylic acids is 1. The van der Waals surface area contributed by atoms with Crippen molar-refractivity contribution >= 4 is 11.7 Å². The lowest BCUT2D eigenvalue weighted by atomic mass is 10.1. The molecule has 1 aromatic rings. The van der Waals surface area contributed by atoms with Crippen LogP contribution in [-0.2, 0) is 0 Å². The number of amides is 1. The van der Waals surface area contributed by atoms with E-state index in [0.29, 0.717) is 6.54 Å². The molecule has 1 aromatic heterocycles. The van der Waals surface area contributed by atoms with E-state index in [1.165, 1.54) is 31.5 Å². The zero-order valence-electron chi connectivity index (χ0n) is 11.8. The summed E-state index contributed by atoms with van der Waals surface area (Å²) in [6.07, 6.45) is 5.16. The average Bonchev–Trinajstić information content (AvgIpc) is 2.48. The Balaban J connectivity index is 1.85. The maximum atomic E-state index is 13.9. The summed E-state index contributed by atoms with van der Waals surface area (Å²) in [6, 6.07) is 1.40. The number of carbonyl (C=O) groups is 1. The molecule has 2 heterocycles. The van der Waals surface area contributed by atoms with Crippen LogP contribution in [0, 0.1) is 5.82 Å². The summed E-state index contributed by atoms with van der Waals surface area (Å²) >= 11 is 0. The van der Waals surface area contributed by atoms with Gasteiger partial charge in [-0.25, -0.2) is 9.37 Å². The van der Waals surface area contributed by atoms with Gasteiger partial charge in [0.05, 0.1) is 5.56 Å². The van der Waals surface area contributed by atoms with Crippen molar-refractivity contribution in [1.29, 1.82) is 0 Å². The molecule has 2 rings (SSSR count). The Bertz CT molecular complexity index is 460. The number of halogens is 1. The molecule has 1 aliphatic rings. The molecule has 0 bridgehead atoms. The minimum atomic E-state index is -0.606. The van der Waals surface area contributed by atoms with Crippen molar-refractivity contribution in [3.8, 4) is 0 Å². The highest BCUT2D eigenvalue weighted by molar-refractivity contribution is 5.95. The Morgan fingerprint density at radius 1 is 1.40 bits per heavy atom. The third kappa shape index (κ3) is 3.66.